The molecule has 0 aromatic heterocycles. The maximum Gasteiger partial charge on any atom is 0.229 e. The summed E-state index contributed by atoms with van der Waals surface area (Å²) >= 11 is 3.61. The van der Waals surface area contributed by atoms with Crippen LogP contribution in [-0.4, -0.2) is 18.5 Å². The fourth-order valence-electron chi connectivity index (χ4n) is 2.50. The van der Waals surface area contributed by atoms with Crippen LogP contribution < -0.4 is 10.6 Å². The smallest absolute Gasteiger partial charge is 0.229 e. The van der Waals surface area contributed by atoms with Crippen LogP contribution in [-0.2, 0) is 11.2 Å². The highest BCUT2D eigenvalue weighted by Crippen LogP contribution is 2.25. The fraction of sp³-hybridized carbons (Fsp3) is 0.588. The van der Waals surface area contributed by atoms with E-state index in [2.05, 4.69) is 32.6 Å². The van der Waals surface area contributed by atoms with Crippen LogP contribution in [0.2, 0.25) is 0 Å². The lowest BCUT2D eigenvalue weighted by molar-refractivity contribution is -0.123. The summed E-state index contributed by atoms with van der Waals surface area (Å²) in [6.07, 6.45) is 4.73. The van der Waals surface area contributed by atoms with E-state index in [0.717, 1.165) is 29.5 Å². The number of rotatable bonds is 4. The Labute approximate surface area is 136 Å². The summed E-state index contributed by atoms with van der Waals surface area (Å²) in [5.74, 6) is 0.0493. The first kappa shape index (κ1) is 16.5. The molecule has 1 heterocycles. The average molecular weight is 353 g/mol. The zero-order chi connectivity index (χ0) is 15.5. The molecule has 1 unspecified atom stereocenters. The summed E-state index contributed by atoms with van der Waals surface area (Å²) in [7, 11) is 0. The summed E-state index contributed by atoms with van der Waals surface area (Å²) in [5, 5.41) is 6.53. The van der Waals surface area contributed by atoms with Crippen LogP contribution in [0.4, 0.5) is 5.69 Å². The van der Waals surface area contributed by atoms with Gasteiger partial charge in [-0.05, 0) is 56.0 Å². The van der Waals surface area contributed by atoms with Crippen molar-refractivity contribution < 1.29 is 4.79 Å². The van der Waals surface area contributed by atoms with Crippen LogP contribution in [0.25, 0.3) is 0 Å². The molecule has 1 aliphatic rings. The number of anilines is 1. The van der Waals surface area contributed by atoms with Gasteiger partial charge in [0.2, 0.25) is 5.91 Å². The third-order valence-corrected chi connectivity index (χ3v) is 4.68. The lowest BCUT2D eigenvalue weighted by Gasteiger charge is -2.18. The number of amides is 1. The van der Waals surface area contributed by atoms with Crippen molar-refractivity contribution in [2.75, 3.05) is 11.9 Å². The van der Waals surface area contributed by atoms with Gasteiger partial charge in [-0.25, -0.2) is 0 Å². The van der Waals surface area contributed by atoms with E-state index in [9.17, 15) is 4.79 Å². The molecular formula is C17H25BrN2O. The van der Waals surface area contributed by atoms with Crippen molar-refractivity contribution in [3.63, 3.8) is 0 Å². The van der Waals surface area contributed by atoms with Gasteiger partial charge in [-0.1, -0.05) is 36.7 Å². The molecule has 1 aromatic rings. The van der Waals surface area contributed by atoms with Gasteiger partial charge < -0.3 is 10.6 Å². The van der Waals surface area contributed by atoms with Gasteiger partial charge in [-0.15, -0.1) is 0 Å². The second-order valence-electron chi connectivity index (χ2n) is 6.84. The molecule has 0 saturated carbocycles. The Morgan fingerprint density at radius 2 is 2.19 bits per heavy atom. The van der Waals surface area contributed by atoms with Crippen molar-refractivity contribution in [2.45, 2.75) is 52.5 Å². The predicted molar refractivity (Wildman–Crippen MR) is 91.6 cm³/mol. The third-order valence-electron chi connectivity index (χ3n) is 3.91. The van der Waals surface area contributed by atoms with E-state index in [1.165, 1.54) is 18.4 Å². The van der Waals surface area contributed by atoms with Crippen molar-refractivity contribution in [1.82, 2.24) is 5.32 Å². The van der Waals surface area contributed by atoms with Crippen LogP contribution in [0.15, 0.2) is 22.7 Å². The minimum atomic E-state index is -0.374. The number of carbonyl (C=O) groups is 1. The zero-order valence-corrected chi connectivity index (χ0v) is 14.7. The number of benzene rings is 1. The summed E-state index contributed by atoms with van der Waals surface area (Å²) in [4.78, 5) is 12.1. The zero-order valence-electron chi connectivity index (χ0n) is 13.1. The summed E-state index contributed by atoms with van der Waals surface area (Å²) in [6, 6.07) is 6.70. The fourth-order valence-corrected chi connectivity index (χ4v) is 2.94. The molecule has 2 N–H and O–H groups in total. The van der Waals surface area contributed by atoms with Crippen molar-refractivity contribution >= 4 is 27.5 Å². The number of halogens is 1. The van der Waals surface area contributed by atoms with Crippen molar-refractivity contribution in [3.05, 3.63) is 28.2 Å². The van der Waals surface area contributed by atoms with Gasteiger partial charge in [-0.2, -0.15) is 0 Å². The molecule has 1 aliphatic heterocycles. The molecule has 1 aromatic carbocycles. The van der Waals surface area contributed by atoms with Crippen molar-refractivity contribution in [1.29, 1.82) is 0 Å². The first-order chi connectivity index (χ1) is 9.86. The standard InChI is InChI=1S/C17H25BrN2O/c1-17(2,3)16(21)20-14-8-9-15(18)12(11-14)6-7-13-5-4-10-19-13/h8-9,11,13,19H,4-7,10H2,1-3H3,(H,20,21). The average Bonchev–Trinajstić information content (AvgIpc) is 2.91. The number of carbonyl (C=O) groups excluding carboxylic acids is 1. The molecular weight excluding hydrogens is 328 g/mol. The first-order valence-electron chi connectivity index (χ1n) is 7.69. The maximum absolute atomic E-state index is 12.1. The number of hydrogen-bond acceptors (Lipinski definition) is 2. The molecule has 0 aliphatic carbocycles. The van der Waals surface area contributed by atoms with Crippen LogP contribution >= 0.6 is 15.9 Å². The molecule has 0 radical (unpaired) electrons. The third kappa shape index (κ3) is 4.82. The Morgan fingerprint density at radius 1 is 1.43 bits per heavy atom. The van der Waals surface area contributed by atoms with E-state index in [-0.39, 0.29) is 11.3 Å². The second-order valence-corrected chi connectivity index (χ2v) is 7.70. The molecule has 1 fully saturated rings. The molecule has 4 heteroatoms. The Kier molecular flexibility index (Phi) is 5.44. The molecule has 21 heavy (non-hydrogen) atoms. The van der Waals surface area contributed by atoms with Crippen LogP contribution in [0.3, 0.4) is 0 Å². The lowest BCUT2D eigenvalue weighted by Crippen LogP contribution is -2.27. The summed E-state index contributed by atoms with van der Waals surface area (Å²) < 4.78 is 1.12. The monoisotopic (exact) mass is 352 g/mol. The molecule has 0 spiro atoms. The van der Waals surface area contributed by atoms with Gasteiger partial charge in [0.25, 0.3) is 0 Å². The Morgan fingerprint density at radius 3 is 2.81 bits per heavy atom. The predicted octanol–water partition coefficient (Wildman–Crippen LogP) is 4.12. The van der Waals surface area contributed by atoms with Gasteiger partial charge >= 0.3 is 0 Å². The molecule has 1 amide bonds. The van der Waals surface area contributed by atoms with Crippen LogP contribution in [0.1, 0.15) is 45.6 Å². The van der Waals surface area contributed by atoms with Gasteiger partial charge in [0.15, 0.2) is 0 Å². The number of aryl methyl sites for hydroxylation is 1. The number of hydrogen-bond donors (Lipinski definition) is 2. The quantitative estimate of drug-likeness (QED) is 0.855. The first-order valence-corrected chi connectivity index (χ1v) is 8.49. The summed E-state index contributed by atoms with van der Waals surface area (Å²) in [5.41, 5.74) is 1.77. The van der Waals surface area contributed by atoms with Crippen LogP contribution in [0, 0.1) is 5.41 Å². The van der Waals surface area contributed by atoms with Crippen molar-refractivity contribution in [2.24, 2.45) is 5.41 Å². The highest BCUT2D eigenvalue weighted by Gasteiger charge is 2.21. The van der Waals surface area contributed by atoms with E-state index in [1.807, 2.05) is 32.9 Å². The van der Waals surface area contributed by atoms with Crippen LogP contribution in [0.5, 0.6) is 0 Å². The Bertz CT molecular complexity index is 502. The minimum Gasteiger partial charge on any atom is -0.326 e. The van der Waals surface area contributed by atoms with E-state index >= 15 is 0 Å². The molecule has 1 atom stereocenters. The molecule has 2 rings (SSSR count). The molecule has 3 nitrogen and oxygen atoms in total. The SMILES string of the molecule is CC(C)(C)C(=O)Nc1ccc(Br)c(CCC2CCCN2)c1. The highest BCUT2D eigenvalue weighted by atomic mass is 79.9. The van der Waals surface area contributed by atoms with Gasteiger partial charge in [-0.3, -0.25) is 4.79 Å². The highest BCUT2D eigenvalue weighted by molar-refractivity contribution is 9.10. The summed E-state index contributed by atoms with van der Waals surface area (Å²) in [6.45, 7) is 6.92. The normalized spacial score (nSPS) is 18.8. The van der Waals surface area contributed by atoms with Crippen molar-refractivity contribution in [3.8, 4) is 0 Å². The molecule has 1 saturated heterocycles. The van der Waals surface area contributed by atoms with Gasteiger partial charge in [0.1, 0.15) is 0 Å². The van der Waals surface area contributed by atoms with E-state index < -0.39 is 0 Å². The maximum atomic E-state index is 12.1. The Hall–Kier alpha value is -0.870. The second kappa shape index (κ2) is 6.93. The van der Waals surface area contributed by atoms with Gasteiger partial charge in [0.05, 0.1) is 0 Å². The van der Waals surface area contributed by atoms with E-state index in [0.29, 0.717) is 6.04 Å². The van der Waals surface area contributed by atoms with E-state index in [4.69, 9.17) is 0 Å². The minimum absolute atomic E-state index is 0.0493. The Balaban J connectivity index is 2.00. The van der Waals surface area contributed by atoms with Gasteiger partial charge in [0, 0.05) is 21.6 Å². The van der Waals surface area contributed by atoms with E-state index in [1.54, 1.807) is 0 Å². The molecule has 116 valence electrons. The topological polar surface area (TPSA) is 41.1 Å². The number of nitrogens with one attached hydrogen (secondary N) is 2. The molecule has 0 bridgehead atoms. The lowest BCUT2D eigenvalue weighted by atomic mass is 9.95. The largest absolute Gasteiger partial charge is 0.326 e.